The monoisotopic (exact) mass is 672 g/mol. The fraction of sp³-hybridized carbons (Fsp3) is 0.500. The van der Waals surface area contributed by atoms with Crippen LogP contribution in [0.2, 0.25) is 0 Å². The summed E-state index contributed by atoms with van der Waals surface area (Å²) >= 11 is 0. The highest BCUT2D eigenvalue weighted by Crippen LogP contribution is 2.25. The summed E-state index contributed by atoms with van der Waals surface area (Å²) in [6.45, 7) is 7.67. The van der Waals surface area contributed by atoms with Crippen LogP contribution in [0.4, 0.5) is 11.6 Å². The van der Waals surface area contributed by atoms with E-state index in [1.54, 1.807) is 19.1 Å². The molecule has 0 saturated carbocycles. The molecule has 2 aromatic rings. The number of aliphatic hydroxyl groups excluding tert-OH is 2. The molecule has 2 fully saturated rings. The molecule has 0 bridgehead atoms. The third kappa shape index (κ3) is 10.3. The average Bonchev–Trinajstić information content (AvgIpc) is 3.28. The Morgan fingerprint density at radius 2 is 1.84 bits per heavy atom. The van der Waals surface area contributed by atoms with Crippen LogP contribution in [0.1, 0.15) is 80.3 Å². The summed E-state index contributed by atoms with van der Waals surface area (Å²) in [6.07, 6.45) is 11.4. The molecule has 6 N–H and O–H groups in total. The minimum atomic E-state index is -0.736. The molecular weight excluding hydrogens is 620 g/mol. The molecule has 0 spiro atoms. The first-order chi connectivity index (χ1) is 23.7. The number of carbonyl (C=O) groups is 2. The van der Waals surface area contributed by atoms with Gasteiger partial charge in [-0.15, -0.1) is 0 Å². The quantitative estimate of drug-likeness (QED) is 0.203. The molecule has 49 heavy (non-hydrogen) atoms. The number of hydrogen-bond donors (Lipinski definition) is 5. The number of aryl methyl sites for hydroxylation is 1. The molecule has 11 heteroatoms. The summed E-state index contributed by atoms with van der Waals surface area (Å²) < 4.78 is 6.05. The number of nitrogens with zero attached hydrogens (tertiary/aromatic N) is 3. The lowest BCUT2D eigenvalue weighted by molar-refractivity contribution is -0.129. The largest absolute Gasteiger partial charge is 0.512 e. The summed E-state index contributed by atoms with van der Waals surface area (Å²) in [7, 11) is 0. The lowest BCUT2D eigenvalue weighted by Gasteiger charge is -2.32. The van der Waals surface area contributed by atoms with Gasteiger partial charge in [0.05, 0.1) is 11.9 Å². The van der Waals surface area contributed by atoms with Crippen LogP contribution in [0.15, 0.2) is 65.5 Å². The van der Waals surface area contributed by atoms with E-state index in [1.165, 1.54) is 6.42 Å². The third-order valence-corrected chi connectivity index (χ3v) is 9.67. The van der Waals surface area contributed by atoms with E-state index in [9.17, 15) is 19.8 Å². The summed E-state index contributed by atoms with van der Waals surface area (Å²) in [5.74, 6) is 2.33. The van der Waals surface area contributed by atoms with Gasteiger partial charge in [0.15, 0.2) is 0 Å². The van der Waals surface area contributed by atoms with Crippen molar-refractivity contribution in [2.45, 2.75) is 83.9 Å². The number of allylic oxidation sites excluding steroid dienone is 3. The molecule has 1 aromatic carbocycles. The molecule has 2 saturated heterocycles. The Hall–Kier alpha value is -4.35. The number of amides is 2. The van der Waals surface area contributed by atoms with Gasteiger partial charge in [-0.3, -0.25) is 9.59 Å². The van der Waals surface area contributed by atoms with Gasteiger partial charge in [-0.05, 0) is 104 Å². The first-order valence-corrected chi connectivity index (χ1v) is 17.6. The Bertz CT molecular complexity index is 1560. The van der Waals surface area contributed by atoms with E-state index in [0.717, 1.165) is 66.9 Å². The molecule has 5 rings (SSSR count). The van der Waals surface area contributed by atoms with Gasteiger partial charge in [-0.2, -0.15) is 0 Å². The number of ether oxygens (including phenoxy) is 1. The van der Waals surface area contributed by atoms with Gasteiger partial charge in [0.2, 0.25) is 5.91 Å². The fourth-order valence-electron chi connectivity index (χ4n) is 6.54. The van der Waals surface area contributed by atoms with Crippen LogP contribution in [0.25, 0.3) is 0 Å². The number of pyridine rings is 1. The van der Waals surface area contributed by atoms with Crippen LogP contribution in [0, 0.1) is 0 Å². The van der Waals surface area contributed by atoms with Crippen molar-refractivity contribution in [2.75, 3.05) is 49.5 Å². The molecule has 3 aliphatic rings. The standard InChI is InChI=1S/C38H52N6O5/c1-26-6-10-33(46)11-8-29(26)25-49-35-13-9-28(31(20-35)23-39)7-12-34(47)24-40-38(48)30-21-36(41-32-14-18-43(19-15-32)27(2)45)42-37(22-30)44-16-4-3-5-17-44/h6,8-10,13,20-22,32,34,46-47H,3-5,7,11-12,14-19,23-25,39H2,1-2H3,(H,40,48)(H,41,42)/t34-/m0/s1. The Morgan fingerprint density at radius 3 is 2.57 bits per heavy atom. The van der Waals surface area contributed by atoms with Crippen molar-refractivity contribution in [1.82, 2.24) is 15.2 Å². The fourth-order valence-corrected chi connectivity index (χ4v) is 6.54. The van der Waals surface area contributed by atoms with Gasteiger partial charge in [0.25, 0.3) is 5.91 Å². The maximum atomic E-state index is 13.4. The number of benzene rings is 1. The number of aromatic nitrogens is 1. The maximum Gasteiger partial charge on any atom is 0.251 e. The van der Waals surface area contributed by atoms with Gasteiger partial charge in [-0.1, -0.05) is 18.2 Å². The van der Waals surface area contributed by atoms with Crippen LogP contribution >= 0.6 is 0 Å². The van der Waals surface area contributed by atoms with Crippen LogP contribution in [0.3, 0.4) is 0 Å². The molecule has 264 valence electrons. The number of carbonyl (C=O) groups excluding carboxylic acids is 2. The number of rotatable bonds is 13. The minimum Gasteiger partial charge on any atom is -0.512 e. The second kappa shape index (κ2) is 17.3. The molecule has 1 aliphatic carbocycles. The second-order valence-electron chi connectivity index (χ2n) is 13.3. The van der Waals surface area contributed by atoms with Crippen LogP contribution in [0.5, 0.6) is 5.75 Å². The Morgan fingerprint density at radius 1 is 1.06 bits per heavy atom. The van der Waals surface area contributed by atoms with Crippen LogP contribution in [-0.2, 0) is 17.8 Å². The zero-order valence-electron chi connectivity index (χ0n) is 28.9. The first-order valence-electron chi connectivity index (χ1n) is 17.6. The molecule has 0 unspecified atom stereocenters. The second-order valence-corrected chi connectivity index (χ2v) is 13.3. The van der Waals surface area contributed by atoms with E-state index in [2.05, 4.69) is 15.5 Å². The topological polar surface area (TPSA) is 153 Å². The molecular formula is C38H52N6O5. The first kappa shape index (κ1) is 35.9. The van der Waals surface area contributed by atoms with Crippen molar-refractivity contribution < 1.29 is 24.5 Å². The SMILES string of the molecule is CC(=O)N1CCC(Nc2cc(C(=O)NC[C@@H](O)CCc3ccc(OCC4=CCC(O)=CC=C4C)cc3CN)cc(N3CCCCC3)n2)CC1. The summed E-state index contributed by atoms with van der Waals surface area (Å²) in [6, 6.07) is 9.64. The number of aliphatic hydroxyl groups is 2. The lowest BCUT2D eigenvalue weighted by atomic mass is 10.0. The molecule has 1 aromatic heterocycles. The van der Waals surface area contributed by atoms with E-state index >= 15 is 0 Å². The molecule has 1 atom stereocenters. The van der Waals surface area contributed by atoms with Crippen LogP contribution in [-0.4, -0.2) is 83.4 Å². The van der Waals surface area contributed by atoms with Crippen molar-refractivity contribution in [3.05, 3.63) is 82.2 Å². The summed E-state index contributed by atoms with van der Waals surface area (Å²) in [5, 5.41) is 27.1. The Balaban J connectivity index is 1.15. The summed E-state index contributed by atoms with van der Waals surface area (Å²) in [4.78, 5) is 34.1. The van der Waals surface area contributed by atoms with Gasteiger partial charge in [-0.25, -0.2) is 4.98 Å². The van der Waals surface area contributed by atoms with E-state index in [0.29, 0.717) is 68.4 Å². The summed E-state index contributed by atoms with van der Waals surface area (Å²) in [5.41, 5.74) is 10.6. The highest BCUT2D eigenvalue weighted by atomic mass is 16.5. The smallest absolute Gasteiger partial charge is 0.251 e. The molecule has 11 nitrogen and oxygen atoms in total. The zero-order valence-corrected chi connectivity index (χ0v) is 28.9. The number of piperidine rings is 2. The number of nitrogens with one attached hydrogen (secondary N) is 2. The zero-order chi connectivity index (χ0) is 34.8. The van der Waals surface area contributed by atoms with Gasteiger partial charge < -0.3 is 41.1 Å². The van der Waals surface area contributed by atoms with E-state index in [1.807, 2.05) is 48.2 Å². The minimum absolute atomic E-state index is 0.0979. The number of anilines is 2. The van der Waals surface area contributed by atoms with Gasteiger partial charge in [0.1, 0.15) is 24.0 Å². The highest BCUT2D eigenvalue weighted by molar-refractivity contribution is 5.95. The predicted octanol–water partition coefficient (Wildman–Crippen LogP) is 4.77. The van der Waals surface area contributed by atoms with Crippen LogP contribution < -0.4 is 26.0 Å². The van der Waals surface area contributed by atoms with Crippen molar-refractivity contribution in [2.24, 2.45) is 5.73 Å². The van der Waals surface area contributed by atoms with E-state index < -0.39 is 6.10 Å². The lowest BCUT2D eigenvalue weighted by Crippen LogP contribution is -2.41. The number of hydrogen-bond acceptors (Lipinski definition) is 9. The van der Waals surface area contributed by atoms with Gasteiger partial charge in [0, 0.05) is 64.2 Å². The van der Waals surface area contributed by atoms with Crippen molar-refractivity contribution in [3.63, 3.8) is 0 Å². The highest BCUT2D eigenvalue weighted by Gasteiger charge is 2.23. The van der Waals surface area contributed by atoms with E-state index in [-0.39, 0.29) is 24.4 Å². The van der Waals surface area contributed by atoms with Crippen molar-refractivity contribution in [1.29, 1.82) is 0 Å². The predicted molar refractivity (Wildman–Crippen MR) is 193 cm³/mol. The van der Waals surface area contributed by atoms with E-state index in [4.69, 9.17) is 15.5 Å². The normalized spacial score (nSPS) is 17.8. The molecule has 2 amide bonds. The Labute approximate surface area is 289 Å². The average molecular weight is 673 g/mol. The molecule has 0 radical (unpaired) electrons. The van der Waals surface area contributed by atoms with Gasteiger partial charge >= 0.3 is 0 Å². The number of likely N-dealkylation sites (tertiary alicyclic amines) is 1. The Kier molecular flexibility index (Phi) is 12.7. The molecule has 2 aliphatic heterocycles. The third-order valence-electron chi connectivity index (χ3n) is 9.67. The van der Waals surface area contributed by atoms with Crippen molar-refractivity contribution >= 4 is 23.5 Å². The molecule has 3 heterocycles. The number of nitrogens with two attached hydrogens (primary N) is 1. The maximum absolute atomic E-state index is 13.4. The van der Waals surface area contributed by atoms with Crippen molar-refractivity contribution in [3.8, 4) is 5.75 Å².